The smallest absolute Gasteiger partial charge is 0.261 e. The average molecular weight is 453 g/mol. The third-order valence-electron chi connectivity index (χ3n) is 5.12. The Hall–Kier alpha value is -3.52. The fourth-order valence-electron chi connectivity index (χ4n) is 3.35. The molecular weight excluding hydrogens is 428 g/mol. The minimum atomic E-state index is -3.75. The van der Waals surface area contributed by atoms with Gasteiger partial charge in [-0.1, -0.05) is 29.8 Å². The summed E-state index contributed by atoms with van der Waals surface area (Å²) >= 11 is 0. The predicted molar refractivity (Wildman–Crippen MR) is 122 cm³/mol. The molecule has 0 fully saturated rings. The van der Waals surface area contributed by atoms with Crippen molar-refractivity contribution in [2.45, 2.75) is 24.8 Å². The van der Waals surface area contributed by atoms with Crippen molar-refractivity contribution in [1.29, 1.82) is 0 Å². The highest BCUT2D eigenvalue weighted by Crippen LogP contribution is 2.32. The number of fused-ring (bicyclic) bond motifs is 1. The summed E-state index contributed by atoms with van der Waals surface area (Å²) in [6.07, 6.45) is 0. The normalized spacial score (nSPS) is 13.8. The van der Waals surface area contributed by atoms with E-state index in [1.54, 1.807) is 42.5 Å². The van der Waals surface area contributed by atoms with Gasteiger partial charge < -0.3 is 14.8 Å². The van der Waals surface area contributed by atoms with Crippen LogP contribution < -0.4 is 19.5 Å². The van der Waals surface area contributed by atoms with Crippen LogP contribution in [0.4, 0.5) is 5.69 Å². The molecule has 1 aliphatic heterocycles. The summed E-state index contributed by atoms with van der Waals surface area (Å²) in [6.45, 7) is 4.76. The Morgan fingerprint density at radius 2 is 1.66 bits per heavy atom. The second-order valence-electron chi connectivity index (χ2n) is 7.60. The van der Waals surface area contributed by atoms with E-state index in [4.69, 9.17) is 9.47 Å². The zero-order valence-corrected chi connectivity index (χ0v) is 18.6. The Kier molecular flexibility index (Phi) is 6.05. The van der Waals surface area contributed by atoms with Crippen molar-refractivity contribution in [3.8, 4) is 11.5 Å². The Balaban J connectivity index is 1.47. The molecule has 0 aromatic heterocycles. The molecule has 1 heterocycles. The number of ether oxygens (including phenoxy) is 2. The number of anilines is 1. The van der Waals surface area contributed by atoms with Crippen LogP contribution in [-0.2, 0) is 10.0 Å². The molecule has 1 aliphatic rings. The van der Waals surface area contributed by atoms with Crippen LogP contribution in [0, 0.1) is 6.92 Å². The number of carbonyl (C=O) groups is 1. The topological polar surface area (TPSA) is 93.7 Å². The molecule has 0 saturated heterocycles. The van der Waals surface area contributed by atoms with E-state index in [0.717, 1.165) is 11.1 Å². The SMILES string of the molecule is Cc1ccc(S(=O)(=O)Nc2cccc(C(=O)N[C@H](C)c3ccc4c(c3)OCCO4)c2)cc1. The highest BCUT2D eigenvalue weighted by molar-refractivity contribution is 7.92. The third kappa shape index (κ3) is 4.86. The van der Waals surface area contributed by atoms with Crippen LogP contribution in [0.2, 0.25) is 0 Å². The summed E-state index contributed by atoms with van der Waals surface area (Å²) in [5.41, 5.74) is 2.50. The lowest BCUT2D eigenvalue weighted by atomic mass is 10.1. The highest BCUT2D eigenvalue weighted by atomic mass is 32.2. The number of nitrogens with one attached hydrogen (secondary N) is 2. The standard InChI is InChI=1S/C24H24N2O5S/c1-16-6-9-21(10-7-16)32(28,29)26-20-5-3-4-19(14-20)24(27)25-17(2)18-8-11-22-23(15-18)31-13-12-30-22/h3-11,14-15,17,26H,12-13H2,1-2H3,(H,25,27)/t17-/m1/s1. The van der Waals surface area contributed by atoms with E-state index in [2.05, 4.69) is 10.0 Å². The Labute approximate surface area is 187 Å². The van der Waals surface area contributed by atoms with Crippen molar-refractivity contribution in [1.82, 2.24) is 5.32 Å². The van der Waals surface area contributed by atoms with E-state index in [-0.39, 0.29) is 16.8 Å². The Morgan fingerprint density at radius 3 is 2.41 bits per heavy atom. The van der Waals surface area contributed by atoms with E-state index in [1.807, 2.05) is 32.0 Å². The first kappa shape index (κ1) is 21.7. The Bertz CT molecular complexity index is 1240. The van der Waals surface area contributed by atoms with Gasteiger partial charge in [0, 0.05) is 11.3 Å². The lowest BCUT2D eigenvalue weighted by Crippen LogP contribution is -2.27. The number of amides is 1. The molecule has 0 unspecified atom stereocenters. The molecule has 2 N–H and O–H groups in total. The average Bonchev–Trinajstić information content (AvgIpc) is 2.79. The summed E-state index contributed by atoms with van der Waals surface area (Å²) in [5, 5.41) is 2.93. The molecule has 3 aromatic carbocycles. The first-order valence-electron chi connectivity index (χ1n) is 10.2. The highest BCUT2D eigenvalue weighted by Gasteiger charge is 2.18. The van der Waals surface area contributed by atoms with Gasteiger partial charge in [0.25, 0.3) is 15.9 Å². The van der Waals surface area contributed by atoms with Crippen LogP contribution >= 0.6 is 0 Å². The monoisotopic (exact) mass is 452 g/mol. The van der Waals surface area contributed by atoms with E-state index < -0.39 is 10.0 Å². The van der Waals surface area contributed by atoms with Crippen LogP contribution in [0.25, 0.3) is 0 Å². The quantitative estimate of drug-likeness (QED) is 0.588. The van der Waals surface area contributed by atoms with Crippen LogP contribution in [-0.4, -0.2) is 27.5 Å². The van der Waals surface area contributed by atoms with E-state index >= 15 is 0 Å². The molecule has 0 bridgehead atoms. The summed E-state index contributed by atoms with van der Waals surface area (Å²) in [5.74, 6) is 1.03. The molecule has 166 valence electrons. The van der Waals surface area contributed by atoms with Crippen molar-refractivity contribution in [2.24, 2.45) is 0 Å². The molecule has 7 nitrogen and oxygen atoms in total. The van der Waals surface area contributed by atoms with Gasteiger partial charge in [-0.05, 0) is 61.9 Å². The van der Waals surface area contributed by atoms with E-state index in [9.17, 15) is 13.2 Å². The van der Waals surface area contributed by atoms with Crippen molar-refractivity contribution >= 4 is 21.6 Å². The summed E-state index contributed by atoms with van der Waals surface area (Å²) in [7, 11) is -3.75. The largest absolute Gasteiger partial charge is 0.486 e. The number of carbonyl (C=O) groups excluding carboxylic acids is 1. The second-order valence-corrected chi connectivity index (χ2v) is 9.28. The van der Waals surface area contributed by atoms with Gasteiger partial charge in [-0.3, -0.25) is 9.52 Å². The number of aryl methyl sites for hydroxylation is 1. The van der Waals surface area contributed by atoms with Crippen LogP contribution in [0.1, 0.15) is 34.5 Å². The van der Waals surface area contributed by atoms with Crippen molar-refractivity contribution in [3.05, 3.63) is 83.4 Å². The van der Waals surface area contributed by atoms with Crippen LogP contribution in [0.5, 0.6) is 11.5 Å². The number of benzene rings is 3. The molecule has 0 spiro atoms. The zero-order chi connectivity index (χ0) is 22.7. The minimum absolute atomic E-state index is 0.158. The fraction of sp³-hybridized carbons (Fsp3) is 0.208. The number of hydrogen-bond donors (Lipinski definition) is 2. The molecule has 0 radical (unpaired) electrons. The summed E-state index contributed by atoms with van der Waals surface area (Å²) in [6, 6.07) is 18.2. The lowest BCUT2D eigenvalue weighted by molar-refractivity contribution is 0.0939. The van der Waals surface area contributed by atoms with Gasteiger partial charge in [-0.25, -0.2) is 8.42 Å². The summed E-state index contributed by atoms with van der Waals surface area (Å²) < 4.78 is 38.9. The third-order valence-corrected chi connectivity index (χ3v) is 6.52. The van der Waals surface area contributed by atoms with E-state index in [0.29, 0.717) is 36.0 Å². The van der Waals surface area contributed by atoms with Gasteiger partial charge in [-0.2, -0.15) is 0 Å². The summed E-state index contributed by atoms with van der Waals surface area (Å²) in [4.78, 5) is 13.0. The molecule has 1 amide bonds. The van der Waals surface area contributed by atoms with Gasteiger partial charge in [0.2, 0.25) is 0 Å². The molecule has 8 heteroatoms. The van der Waals surface area contributed by atoms with Gasteiger partial charge in [0.1, 0.15) is 13.2 Å². The molecule has 0 aliphatic carbocycles. The maximum atomic E-state index is 12.8. The van der Waals surface area contributed by atoms with Crippen molar-refractivity contribution in [2.75, 3.05) is 17.9 Å². The number of rotatable bonds is 6. The lowest BCUT2D eigenvalue weighted by Gasteiger charge is -2.21. The first-order chi connectivity index (χ1) is 15.3. The van der Waals surface area contributed by atoms with Gasteiger partial charge in [-0.15, -0.1) is 0 Å². The fourth-order valence-corrected chi connectivity index (χ4v) is 4.40. The molecule has 32 heavy (non-hydrogen) atoms. The molecular formula is C24H24N2O5S. The predicted octanol–water partition coefficient (Wildman–Crippen LogP) is 4.06. The van der Waals surface area contributed by atoms with Gasteiger partial charge >= 0.3 is 0 Å². The maximum Gasteiger partial charge on any atom is 0.261 e. The van der Waals surface area contributed by atoms with Crippen molar-refractivity contribution < 1.29 is 22.7 Å². The maximum absolute atomic E-state index is 12.8. The van der Waals surface area contributed by atoms with Gasteiger partial charge in [0.15, 0.2) is 11.5 Å². The molecule has 4 rings (SSSR count). The zero-order valence-electron chi connectivity index (χ0n) is 17.8. The van der Waals surface area contributed by atoms with Gasteiger partial charge in [0.05, 0.1) is 10.9 Å². The molecule has 0 saturated carbocycles. The number of hydrogen-bond acceptors (Lipinski definition) is 5. The van der Waals surface area contributed by atoms with Crippen molar-refractivity contribution in [3.63, 3.8) is 0 Å². The Morgan fingerprint density at radius 1 is 0.938 bits per heavy atom. The molecule has 1 atom stereocenters. The molecule has 3 aromatic rings. The van der Waals surface area contributed by atoms with Crippen LogP contribution in [0.3, 0.4) is 0 Å². The van der Waals surface area contributed by atoms with Crippen LogP contribution in [0.15, 0.2) is 71.6 Å². The second kappa shape index (κ2) is 8.92. The first-order valence-corrected chi connectivity index (χ1v) is 11.7. The van der Waals surface area contributed by atoms with E-state index in [1.165, 1.54) is 6.07 Å². The number of sulfonamides is 1. The minimum Gasteiger partial charge on any atom is -0.486 e.